The largest absolute Gasteiger partial charge is 0.508 e. The lowest BCUT2D eigenvalue weighted by atomic mass is 9.99. The van der Waals surface area contributed by atoms with Crippen molar-refractivity contribution in [1.82, 2.24) is 0 Å². The number of aliphatic hydroxyl groups excluding tert-OH is 4. The Hall–Kier alpha value is -3.59. The van der Waals surface area contributed by atoms with Gasteiger partial charge in [-0.3, -0.25) is 4.79 Å². The van der Waals surface area contributed by atoms with Crippen LogP contribution in [0.5, 0.6) is 28.7 Å². The molecule has 4 rings (SSSR count). The number of hydrogen-bond acceptors (Lipinski definition) is 12. The quantitative estimate of drug-likeness (QED) is 0.241. The van der Waals surface area contributed by atoms with E-state index in [-0.39, 0.29) is 45.2 Å². The fourth-order valence-electron chi connectivity index (χ4n) is 3.84. The molecule has 2 heterocycles. The van der Waals surface area contributed by atoms with Gasteiger partial charge in [-0.25, -0.2) is 0 Å². The topological polar surface area (TPSA) is 220 Å². The van der Waals surface area contributed by atoms with E-state index in [0.717, 1.165) is 6.07 Å². The molecule has 2 aromatic carbocycles. The van der Waals surface area contributed by atoms with Crippen LogP contribution in [0.4, 0.5) is 0 Å². The third kappa shape index (κ3) is 4.63. The zero-order valence-corrected chi connectivity index (χ0v) is 19.1. The number of fused-ring (bicyclic) bond motifs is 1. The Bertz CT molecular complexity index is 1290. The van der Waals surface area contributed by atoms with E-state index in [4.69, 9.17) is 23.4 Å². The van der Waals surface area contributed by atoms with Crippen molar-refractivity contribution in [2.45, 2.75) is 30.7 Å². The highest BCUT2D eigenvalue weighted by molar-refractivity contribution is 5.88. The standard InChI is InChI=1S/C23H24O12.H2O/c1-31-13-5-9(3-4-12(13)34-23-20(30)19(29)17(27)15(8-24)35-23)21-22(32-2)18(28)16-11(26)6-10(25)7-14(16)33-21;/h3-7,15,17,19-20,23-27,29-30H,8H2,1-2H3;1H2/t15?,17-,19?,20?,23-;/m1./s1. The van der Waals surface area contributed by atoms with Gasteiger partial charge in [0.15, 0.2) is 17.3 Å². The van der Waals surface area contributed by atoms with Gasteiger partial charge in [0, 0.05) is 17.7 Å². The molecule has 0 aliphatic carbocycles. The molecule has 3 aromatic rings. The number of rotatable bonds is 6. The maximum Gasteiger partial charge on any atom is 0.239 e. The zero-order chi connectivity index (χ0) is 25.4. The number of phenolic OH excluding ortho intramolecular Hbond substituents is 2. The van der Waals surface area contributed by atoms with E-state index in [0.29, 0.717) is 5.56 Å². The minimum atomic E-state index is -1.63. The number of aromatic hydroxyl groups is 2. The molecule has 13 nitrogen and oxygen atoms in total. The molecule has 1 aliphatic heterocycles. The monoisotopic (exact) mass is 510 g/mol. The van der Waals surface area contributed by atoms with Gasteiger partial charge in [-0.05, 0) is 18.2 Å². The van der Waals surface area contributed by atoms with Gasteiger partial charge in [0.25, 0.3) is 0 Å². The van der Waals surface area contributed by atoms with Crippen LogP contribution in [0.25, 0.3) is 22.3 Å². The third-order valence-corrected chi connectivity index (χ3v) is 5.64. The molecule has 8 N–H and O–H groups in total. The number of methoxy groups -OCH3 is 2. The summed E-state index contributed by atoms with van der Waals surface area (Å²) in [5.41, 5.74) is -0.438. The maximum atomic E-state index is 12.9. The summed E-state index contributed by atoms with van der Waals surface area (Å²) in [5.74, 6) is -0.827. The summed E-state index contributed by atoms with van der Waals surface area (Å²) in [7, 11) is 2.59. The first-order valence-electron chi connectivity index (χ1n) is 10.4. The SMILES string of the molecule is COc1cc(-c2oc3cc(O)cc(O)c3c(=O)c2OC)ccc1O[C@@H]1OC(CO)[C@@H](O)C(O)C1O.O. The van der Waals surface area contributed by atoms with Crippen molar-refractivity contribution in [2.24, 2.45) is 0 Å². The summed E-state index contributed by atoms with van der Waals surface area (Å²) in [4.78, 5) is 12.9. The van der Waals surface area contributed by atoms with Crippen molar-refractivity contribution in [3.63, 3.8) is 0 Å². The number of benzene rings is 2. The third-order valence-electron chi connectivity index (χ3n) is 5.64. The summed E-state index contributed by atoms with van der Waals surface area (Å²) in [6, 6.07) is 6.52. The molecule has 1 fully saturated rings. The van der Waals surface area contributed by atoms with Crippen molar-refractivity contribution in [1.29, 1.82) is 0 Å². The van der Waals surface area contributed by atoms with Crippen LogP contribution in [0.1, 0.15) is 0 Å². The molecule has 196 valence electrons. The Morgan fingerprint density at radius 2 is 1.67 bits per heavy atom. The van der Waals surface area contributed by atoms with Gasteiger partial charge in [-0.15, -0.1) is 0 Å². The Kier molecular flexibility index (Phi) is 7.93. The highest BCUT2D eigenvalue weighted by Crippen LogP contribution is 2.39. The van der Waals surface area contributed by atoms with Gasteiger partial charge >= 0.3 is 0 Å². The highest BCUT2D eigenvalue weighted by atomic mass is 16.7. The van der Waals surface area contributed by atoms with Crippen LogP contribution in [0.3, 0.4) is 0 Å². The van der Waals surface area contributed by atoms with E-state index in [1.165, 1.54) is 38.5 Å². The predicted octanol–water partition coefficient (Wildman–Crippen LogP) is -0.758. The molecule has 5 atom stereocenters. The number of ether oxygens (including phenoxy) is 4. The van der Waals surface area contributed by atoms with Crippen molar-refractivity contribution in [2.75, 3.05) is 20.8 Å². The molecular formula is C23H26O13. The lowest BCUT2D eigenvalue weighted by molar-refractivity contribution is -0.277. The second-order valence-electron chi connectivity index (χ2n) is 7.81. The van der Waals surface area contributed by atoms with Gasteiger partial charge in [-0.1, -0.05) is 0 Å². The van der Waals surface area contributed by atoms with Crippen LogP contribution < -0.4 is 19.6 Å². The summed E-state index contributed by atoms with van der Waals surface area (Å²) in [5, 5.41) is 59.2. The van der Waals surface area contributed by atoms with Gasteiger partial charge in [0.05, 0.1) is 20.8 Å². The minimum Gasteiger partial charge on any atom is -0.508 e. The molecule has 0 radical (unpaired) electrons. The first-order chi connectivity index (χ1) is 16.7. The van der Waals surface area contributed by atoms with Crippen LogP contribution in [-0.4, -0.2) is 87.6 Å². The van der Waals surface area contributed by atoms with Gasteiger partial charge < -0.3 is 59.5 Å². The van der Waals surface area contributed by atoms with Crippen LogP contribution in [0.15, 0.2) is 39.5 Å². The number of phenols is 2. The normalized spacial score (nSPS) is 23.7. The lowest BCUT2D eigenvalue weighted by Gasteiger charge is -2.39. The molecule has 36 heavy (non-hydrogen) atoms. The molecule has 1 aromatic heterocycles. The molecular weight excluding hydrogens is 484 g/mol. The van der Waals surface area contributed by atoms with Crippen LogP contribution in [-0.2, 0) is 4.74 Å². The molecule has 0 spiro atoms. The van der Waals surface area contributed by atoms with E-state index in [9.17, 15) is 35.4 Å². The Morgan fingerprint density at radius 3 is 2.31 bits per heavy atom. The number of aliphatic hydroxyl groups is 4. The van der Waals surface area contributed by atoms with Crippen LogP contribution in [0, 0.1) is 0 Å². The van der Waals surface area contributed by atoms with E-state index >= 15 is 0 Å². The van der Waals surface area contributed by atoms with Crippen LogP contribution >= 0.6 is 0 Å². The van der Waals surface area contributed by atoms with E-state index in [2.05, 4.69) is 0 Å². The Labute approximate surface area is 203 Å². The molecule has 1 aliphatic rings. The lowest BCUT2D eigenvalue weighted by Crippen LogP contribution is -2.60. The molecule has 0 saturated carbocycles. The predicted molar refractivity (Wildman–Crippen MR) is 122 cm³/mol. The smallest absolute Gasteiger partial charge is 0.239 e. The minimum absolute atomic E-state index is 0. The van der Waals surface area contributed by atoms with Gasteiger partial charge in [-0.2, -0.15) is 0 Å². The molecule has 3 unspecified atom stereocenters. The summed E-state index contributed by atoms with van der Waals surface area (Å²) < 4.78 is 27.4. The van der Waals surface area contributed by atoms with Gasteiger partial charge in [0.1, 0.15) is 46.9 Å². The summed E-state index contributed by atoms with van der Waals surface area (Å²) in [6.45, 7) is -0.618. The average molecular weight is 510 g/mol. The fourth-order valence-corrected chi connectivity index (χ4v) is 3.84. The first-order valence-corrected chi connectivity index (χ1v) is 10.4. The molecule has 13 heteroatoms. The van der Waals surface area contributed by atoms with Crippen molar-refractivity contribution >= 4 is 11.0 Å². The van der Waals surface area contributed by atoms with Crippen molar-refractivity contribution < 1.29 is 59.5 Å². The highest BCUT2D eigenvalue weighted by Gasteiger charge is 2.45. The maximum absolute atomic E-state index is 12.9. The number of hydrogen-bond donors (Lipinski definition) is 6. The first kappa shape index (κ1) is 27.0. The van der Waals surface area contributed by atoms with E-state index in [1.807, 2.05) is 0 Å². The molecule has 0 bridgehead atoms. The van der Waals surface area contributed by atoms with Crippen LogP contribution in [0.2, 0.25) is 0 Å². The molecule has 1 saturated heterocycles. The second-order valence-corrected chi connectivity index (χ2v) is 7.81. The summed E-state index contributed by atoms with van der Waals surface area (Å²) >= 11 is 0. The zero-order valence-electron chi connectivity index (χ0n) is 19.1. The Morgan fingerprint density at radius 1 is 0.944 bits per heavy atom. The molecule has 0 amide bonds. The van der Waals surface area contributed by atoms with Crippen molar-refractivity contribution in [3.05, 3.63) is 40.6 Å². The van der Waals surface area contributed by atoms with E-state index < -0.39 is 48.5 Å². The Balaban J connectivity index is 0.00000361. The van der Waals surface area contributed by atoms with Crippen molar-refractivity contribution in [3.8, 4) is 40.1 Å². The fraction of sp³-hybridized carbons (Fsp3) is 0.348. The van der Waals surface area contributed by atoms with Gasteiger partial charge in [0.2, 0.25) is 17.5 Å². The second kappa shape index (κ2) is 10.6. The summed E-state index contributed by atoms with van der Waals surface area (Å²) in [6.07, 6.45) is -7.39. The average Bonchev–Trinajstić information content (AvgIpc) is 2.83. The van der Waals surface area contributed by atoms with E-state index in [1.54, 1.807) is 0 Å².